The van der Waals surface area contributed by atoms with E-state index in [9.17, 15) is 8.78 Å². The Morgan fingerprint density at radius 3 is 2.67 bits per heavy atom. The Kier molecular flexibility index (Phi) is 6.04. The van der Waals surface area contributed by atoms with Crippen molar-refractivity contribution in [2.75, 3.05) is 20.3 Å². The Morgan fingerprint density at radius 2 is 2.05 bits per heavy atom. The highest BCUT2D eigenvalue weighted by Gasteiger charge is 2.13. The molecule has 7 heteroatoms. The van der Waals surface area contributed by atoms with Gasteiger partial charge in [-0.15, -0.1) is 11.3 Å². The maximum atomic E-state index is 13.9. The SMILES string of the molecule is COCCNCc1cc(F)c(OCc2cncs2)c(F)c1. The van der Waals surface area contributed by atoms with Crippen LogP contribution in [0.3, 0.4) is 0 Å². The molecule has 2 aromatic rings. The Bertz CT molecular complexity index is 541. The van der Waals surface area contributed by atoms with Crippen LogP contribution in [0.5, 0.6) is 5.75 Å². The van der Waals surface area contributed by atoms with Crippen molar-refractivity contribution in [3.05, 3.63) is 45.9 Å². The van der Waals surface area contributed by atoms with Gasteiger partial charge >= 0.3 is 0 Å². The molecule has 0 aliphatic heterocycles. The average molecular weight is 314 g/mol. The molecule has 1 aromatic heterocycles. The molecule has 0 aliphatic rings. The van der Waals surface area contributed by atoms with Crippen molar-refractivity contribution in [1.82, 2.24) is 10.3 Å². The van der Waals surface area contributed by atoms with Crippen LogP contribution in [0.2, 0.25) is 0 Å². The first kappa shape index (κ1) is 15.8. The van der Waals surface area contributed by atoms with Gasteiger partial charge in [0.1, 0.15) is 6.61 Å². The maximum absolute atomic E-state index is 13.9. The zero-order chi connectivity index (χ0) is 15.1. The molecule has 21 heavy (non-hydrogen) atoms. The Hall–Kier alpha value is -1.57. The van der Waals surface area contributed by atoms with Crippen LogP contribution in [0.15, 0.2) is 23.8 Å². The van der Waals surface area contributed by atoms with E-state index in [1.54, 1.807) is 18.8 Å². The third kappa shape index (κ3) is 4.73. The van der Waals surface area contributed by atoms with E-state index in [4.69, 9.17) is 9.47 Å². The number of nitrogens with zero attached hydrogens (tertiary/aromatic N) is 1. The first-order valence-electron chi connectivity index (χ1n) is 6.38. The van der Waals surface area contributed by atoms with Crippen molar-refractivity contribution in [2.24, 2.45) is 0 Å². The normalized spacial score (nSPS) is 10.8. The van der Waals surface area contributed by atoms with Crippen molar-refractivity contribution < 1.29 is 18.3 Å². The minimum atomic E-state index is -0.706. The van der Waals surface area contributed by atoms with Gasteiger partial charge in [0.15, 0.2) is 17.4 Å². The maximum Gasteiger partial charge on any atom is 0.191 e. The number of aromatic nitrogens is 1. The predicted octanol–water partition coefficient (Wildman–Crippen LogP) is 2.74. The summed E-state index contributed by atoms with van der Waals surface area (Å²) in [7, 11) is 1.59. The van der Waals surface area contributed by atoms with E-state index in [0.717, 1.165) is 4.88 Å². The summed E-state index contributed by atoms with van der Waals surface area (Å²) in [5.74, 6) is -1.77. The lowest BCUT2D eigenvalue weighted by Crippen LogP contribution is -2.18. The van der Waals surface area contributed by atoms with Gasteiger partial charge in [-0.3, -0.25) is 4.98 Å². The van der Waals surface area contributed by atoms with Crippen LogP contribution in [-0.2, 0) is 17.9 Å². The van der Waals surface area contributed by atoms with E-state index in [1.807, 2.05) is 0 Å². The molecule has 0 saturated carbocycles. The average Bonchev–Trinajstić information content (AvgIpc) is 2.96. The van der Waals surface area contributed by atoms with Crippen molar-refractivity contribution in [3.8, 4) is 5.75 Å². The molecule has 2 rings (SSSR count). The molecule has 0 saturated heterocycles. The van der Waals surface area contributed by atoms with Crippen molar-refractivity contribution in [3.63, 3.8) is 0 Å². The number of methoxy groups -OCH3 is 1. The summed E-state index contributed by atoms with van der Waals surface area (Å²) in [5, 5.41) is 3.03. The fourth-order valence-electron chi connectivity index (χ4n) is 1.72. The smallest absolute Gasteiger partial charge is 0.191 e. The molecular weight excluding hydrogens is 298 g/mol. The zero-order valence-electron chi connectivity index (χ0n) is 11.6. The number of ether oxygens (including phenoxy) is 2. The van der Waals surface area contributed by atoms with Crippen molar-refractivity contribution in [1.29, 1.82) is 0 Å². The molecule has 0 spiro atoms. The molecule has 1 aromatic carbocycles. The van der Waals surface area contributed by atoms with E-state index >= 15 is 0 Å². The predicted molar refractivity (Wildman–Crippen MR) is 76.4 cm³/mol. The number of thiazole rings is 1. The van der Waals surface area contributed by atoms with Gasteiger partial charge in [0, 0.05) is 26.4 Å². The van der Waals surface area contributed by atoms with Gasteiger partial charge in [-0.1, -0.05) is 0 Å². The lowest BCUT2D eigenvalue weighted by molar-refractivity contribution is 0.199. The Balaban J connectivity index is 1.96. The van der Waals surface area contributed by atoms with E-state index in [0.29, 0.717) is 25.3 Å². The van der Waals surface area contributed by atoms with Gasteiger partial charge in [0.25, 0.3) is 0 Å². The van der Waals surface area contributed by atoms with Gasteiger partial charge in [0.05, 0.1) is 17.0 Å². The summed E-state index contributed by atoms with van der Waals surface area (Å²) in [5.41, 5.74) is 2.16. The summed E-state index contributed by atoms with van der Waals surface area (Å²) < 4.78 is 37.8. The van der Waals surface area contributed by atoms with Crippen LogP contribution < -0.4 is 10.1 Å². The van der Waals surface area contributed by atoms with E-state index in [-0.39, 0.29) is 12.4 Å². The number of hydrogen-bond acceptors (Lipinski definition) is 5. The van der Waals surface area contributed by atoms with Crippen LogP contribution in [0.4, 0.5) is 8.78 Å². The van der Waals surface area contributed by atoms with Crippen molar-refractivity contribution in [2.45, 2.75) is 13.2 Å². The molecule has 114 valence electrons. The molecule has 0 atom stereocenters. The molecule has 0 radical (unpaired) electrons. The van der Waals surface area contributed by atoms with E-state index in [1.165, 1.54) is 23.5 Å². The minimum absolute atomic E-state index is 0.101. The summed E-state index contributed by atoms with van der Waals surface area (Å²) in [4.78, 5) is 4.68. The molecule has 0 fully saturated rings. The molecule has 4 nitrogen and oxygen atoms in total. The molecule has 0 amide bonds. The van der Waals surface area contributed by atoms with Gasteiger partial charge < -0.3 is 14.8 Å². The number of benzene rings is 1. The van der Waals surface area contributed by atoms with E-state index < -0.39 is 11.6 Å². The van der Waals surface area contributed by atoms with Gasteiger partial charge in [0.2, 0.25) is 0 Å². The third-order valence-electron chi connectivity index (χ3n) is 2.71. The number of halogens is 2. The highest BCUT2D eigenvalue weighted by molar-refractivity contribution is 7.09. The summed E-state index contributed by atoms with van der Waals surface area (Å²) in [6.07, 6.45) is 1.61. The van der Waals surface area contributed by atoms with Gasteiger partial charge in [-0.05, 0) is 17.7 Å². The molecular formula is C14H16F2N2O2S. The second-order valence-electron chi connectivity index (χ2n) is 4.31. The molecule has 1 N–H and O–H groups in total. The zero-order valence-corrected chi connectivity index (χ0v) is 12.4. The third-order valence-corrected chi connectivity index (χ3v) is 3.47. The first-order chi connectivity index (χ1) is 10.2. The lowest BCUT2D eigenvalue weighted by Gasteiger charge is -2.10. The fraction of sp³-hybridized carbons (Fsp3) is 0.357. The van der Waals surface area contributed by atoms with Gasteiger partial charge in [-0.25, -0.2) is 8.78 Å². The standard InChI is InChI=1S/C14H16F2N2O2S/c1-19-3-2-17-6-10-4-12(15)14(13(16)5-10)20-8-11-7-18-9-21-11/h4-5,7,9,17H,2-3,6,8H2,1H3. The highest BCUT2D eigenvalue weighted by Crippen LogP contribution is 2.24. The summed E-state index contributed by atoms with van der Waals surface area (Å²) in [6.45, 7) is 1.63. The topological polar surface area (TPSA) is 43.4 Å². The summed E-state index contributed by atoms with van der Waals surface area (Å²) >= 11 is 1.37. The molecule has 0 aliphatic carbocycles. The Labute approximate surface area is 125 Å². The number of rotatable bonds is 8. The van der Waals surface area contributed by atoms with Crippen LogP contribution >= 0.6 is 11.3 Å². The molecule has 0 unspecified atom stereocenters. The highest BCUT2D eigenvalue weighted by atomic mass is 32.1. The second-order valence-corrected chi connectivity index (χ2v) is 5.29. The molecule has 1 heterocycles. The van der Waals surface area contributed by atoms with Crippen LogP contribution in [0, 0.1) is 11.6 Å². The largest absolute Gasteiger partial charge is 0.482 e. The number of hydrogen-bond donors (Lipinski definition) is 1. The van der Waals surface area contributed by atoms with Gasteiger partial charge in [-0.2, -0.15) is 0 Å². The summed E-state index contributed by atoms with van der Waals surface area (Å²) in [6, 6.07) is 2.54. The Morgan fingerprint density at radius 1 is 1.29 bits per heavy atom. The second kappa shape index (κ2) is 8.02. The minimum Gasteiger partial charge on any atom is -0.482 e. The van der Waals surface area contributed by atoms with Crippen LogP contribution in [0.25, 0.3) is 0 Å². The number of nitrogens with one attached hydrogen (secondary N) is 1. The van der Waals surface area contributed by atoms with Crippen molar-refractivity contribution >= 4 is 11.3 Å². The van der Waals surface area contributed by atoms with E-state index in [2.05, 4.69) is 10.3 Å². The lowest BCUT2D eigenvalue weighted by atomic mass is 10.2. The van der Waals surface area contributed by atoms with Crippen LogP contribution in [0.1, 0.15) is 10.4 Å². The quantitative estimate of drug-likeness (QED) is 0.761. The molecule has 0 bridgehead atoms. The monoisotopic (exact) mass is 314 g/mol. The fourth-order valence-corrected chi connectivity index (χ4v) is 2.22. The first-order valence-corrected chi connectivity index (χ1v) is 7.26. The van der Waals surface area contributed by atoms with Crippen LogP contribution in [-0.4, -0.2) is 25.2 Å².